The van der Waals surface area contributed by atoms with Crippen molar-refractivity contribution in [3.8, 4) is 45.6 Å². The Morgan fingerprint density at radius 2 is 0.889 bits per heavy atom. The average molecular weight is 1260 g/mol. The van der Waals surface area contributed by atoms with E-state index in [1.165, 1.54) is 36.4 Å². The summed E-state index contributed by atoms with van der Waals surface area (Å²) in [6.45, 7) is 11.1. The number of carbonyl (C=O) groups excluding carboxylic acids is 8. The summed E-state index contributed by atoms with van der Waals surface area (Å²) in [5, 5.41) is 12.6. The molecule has 23 nitrogen and oxygen atoms in total. The Balaban J connectivity index is 1.06. The molecule has 4 aromatic carbocycles. The Morgan fingerprint density at radius 1 is 0.500 bits per heavy atom. The van der Waals surface area contributed by atoms with Gasteiger partial charge in [0.2, 0.25) is 24.6 Å². The second-order valence-electron chi connectivity index (χ2n) is 20.8. The second kappa shape index (κ2) is 36.8. The number of nitrogens with one attached hydrogen (secondary N) is 4. The lowest BCUT2D eigenvalue weighted by molar-refractivity contribution is -0.203. The van der Waals surface area contributed by atoms with Crippen LogP contribution in [-0.4, -0.2) is 97.1 Å². The molecule has 90 heavy (non-hydrogen) atoms. The Morgan fingerprint density at radius 3 is 1.24 bits per heavy atom. The minimum absolute atomic E-state index is 0.0710. The molecule has 0 bridgehead atoms. The third kappa shape index (κ3) is 21.5. The van der Waals surface area contributed by atoms with Crippen LogP contribution in [0, 0.1) is 11.8 Å². The number of hydrogen-bond acceptors (Lipinski definition) is 17. The molecule has 6 aromatic rings. The first-order valence-electron chi connectivity index (χ1n) is 30.4. The van der Waals surface area contributed by atoms with Crippen LogP contribution in [0.4, 0.5) is 0 Å². The first-order valence-corrected chi connectivity index (χ1v) is 31.6. The topological polar surface area (TPSA) is 290 Å². The summed E-state index contributed by atoms with van der Waals surface area (Å²) in [5.74, 6) is -4.06. The lowest BCUT2D eigenvalue weighted by atomic mass is 9.90. The number of amides is 6. The summed E-state index contributed by atoms with van der Waals surface area (Å²) in [6.07, 6.45) is 6.80. The van der Waals surface area contributed by atoms with Crippen LogP contribution in [0.3, 0.4) is 0 Å². The summed E-state index contributed by atoms with van der Waals surface area (Å²) in [6, 6.07) is 31.6. The zero-order valence-electron chi connectivity index (χ0n) is 51.7. The third-order valence-electron chi connectivity index (χ3n) is 14.4. The molecule has 0 spiro atoms. The number of rotatable bonds is 40. The highest BCUT2D eigenvalue weighted by Gasteiger charge is 2.35. The molecule has 0 radical (unpaired) electrons. The number of unbranched alkanes of at least 4 members (excludes halogenated alkanes) is 4. The van der Waals surface area contributed by atoms with E-state index in [0.29, 0.717) is 85.1 Å². The molecule has 24 heteroatoms. The van der Waals surface area contributed by atoms with Gasteiger partial charge in [-0.15, -0.1) is 0 Å². The van der Waals surface area contributed by atoms with E-state index >= 15 is 0 Å². The van der Waals surface area contributed by atoms with Crippen molar-refractivity contribution in [3.63, 3.8) is 0 Å². The first-order chi connectivity index (χ1) is 43.6. The van der Waals surface area contributed by atoms with Gasteiger partial charge in [-0.1, -0.05) is 127 Å². The Hall–Kier alpha value is -9.37. The van der Waals surface area contributed by atoms with Crippen molar-refractivity contribution in [1.82, 2.24) is 31.4 Å². The lowest BCUT2D eigenvalue weighted by Gasteiger charge is -2.31. The Bertz CT molecular complexity index is 3110. The van der Waals surface area contributed by atoms with Gasteiger partial charge in [0.1, 0.15) is 34.5 Å². The molecule has 0 saturated heterocycles. The molecule has 0 aliphatic rings. The van der Waals surface area contributed by atoms with Crippen molar-refractivity contribution in [1.29, 1.82) is 0 Å². The smallest absolute Gasteiger partial charge is 0.418 e. The van der Waals surface area contributed by atoms with Gasteiger partial charge in [0.15, 0.2) is 11.5 Å². The molecule has 2 aromatic heterocycles. The van der Waals surface area contributed by atoms with Crippen LogP contribution in [0.15, 0.2) is 130 Å². The number of furan rings is 2. The van der Waals surface area contributed by atoms with Crippen LogP contribution in [0.1, 0.15) is 138 Å². The van der Waals surface area contributed by atoms with Gasteiger partial charge in [0.25, 0.3) is 11.8 Å². The Labute approximate surface area is 524 Å². The number of hydroxylamine groups is 4. The van der Waals surface area contributed by atoms with E-state index in [2.05, 4.69) is 21.3 Å². The standard InChI is InChI=1S/C66H81N6O17P/c1-7-13-17-27-53(55(9-3)71(43-73)86-61(75)33-45-23-19-15-20-24-45)63(77)67-41-69-65(79)59-31-29-57(84-59)47-35-49(82-11-5)39-51(37-47)88-90(81)89-52-38-48(36-50(40-52)83-12-6)58-30-32-60(85-58)66(80)70-42-68-64(78)54(28-18-14-8-2)56(10-4)72(44-74)87-62(76)34-46-25-21-16-22-26-46/h15-16,19-26,29-32,35-40,43-44,53-56,90H,7-14,17-18,27-28,33-34,41-42H2,1-6H3,(H,67,77)(H,68,78)(H,69,79)(H,70,80)/t53-,54-,55-,56-/m1/s1. The summed E-state index contributed by atoms with van der Waals surface area (Å²) < 4.78 is 48.9. The molecule has 482 valence electrons. The summed E-state index contributed by atoms with van der Waals surface area (Å²) in [7, 11) is -3.39. The largest absolute Gasteiger partial charge is 0.494 e. The van der Waals surface area contributed by atoms with Gasteiger partial charge < -0.3 is 58.3 Å². The Kier molecular flexibility index (Phi) is 28.5. The predicted molar refractivity (Wildman–Crippen MR) is 334 cm³/mol. The second-order valence-corrected chi connectivity index (χ2v) is 21.7. The zero-order valence-corrected chi connectivity index (χ0v) is 52.7. The van der Waals surface area contributed by atoms with E-state index in [-0.39, 0.29) is 73.9 Å². The van der Waals surface area contributed by atoms with Crippen LogP contribution >= 0.6 is 8.25 Å². The molecular weight excluding hydrogens is 1180 g/mol. The fourth-order valence-corrected chi connectivity index (χ4v) is 10.7. The minimum Gasteiger partial charge on any atom is -0.494 e. The minimum atomic E-state index is -3.39. The highest BCUT2D eigenvalue weighted by atomic mass is 31.1. The fraction of sp³-hybridized carbons (Fsp3) is 0.394. The summed E-state index contributed by atoms with van der Waals surface area (Å²) in [5.41, 5.74) is 2.18. The fourth-order valence-electron chi connectivity index (χ4n) is 10.0. The van der Waals surface area contributed by atoms with E-state index in [1.807, 2.05) is 26.0 Å². The maximum Gasteiger partial charge on any atom is 0.418 e. The van der Waals surface area contributed by atoms with Gasteiger partial charge in [-0.2, -0.15) is 10.1 Å². The van der Waals surface area contributed by atoms with Crippen molar-refractivity contribution >= 4 is 56.6 Å². The van der Waals surface area contributed by atoms with Crippen molar-refractivity contribution in [2.45, 2.75) is 131 Å². The van der Waals surface area contributed by atoms with E-state index < -0.39 is 67.7 Å². The van der Waals surface area contributed by atoms with Crippen LogP contribution < -0.4 is 39.8 Å². The predicted octanol–water partition coefficient (Wildman–Crippen LogP) is 10.7. The first kappa shape index (κ1) is 69.7. The molecule has 6 amide bonds. The normalized spacial score (nSPS) is 12.3. The maximum atomic E-state index is 13.8. The van der Waals surface area contributed by atoms with Crippen molar-refractivity contribution < 1.29 is 80.0 Å². The van der Waals surface area contributed by atoms with Crippen molar-refractivity contribution in [3.05, 3.63) is 144 Å². The average Bonchev–Trinajstić information content (AvgIpc) is 4.04. The van der Waals surface area contributed by atoms with E-state index in [0.717, 1.165) is 35.8 Å². The molecule has 2 heterocycles. The molecule has 0 fully saturated rings. The molecule has 0 aliphatic heterocycles. The van der Waals surface area contributed by atoms with Gasteiger partial charge in [0.05, 0.1) is 63.3 Å². The zero-order chi connectivity index (χ0) is 64.8. The molecule has 0 saturated carbocycles. The molecule has 6 rings (SSSR count). The number of nitrogens with zero attached hydrogens (tertiary/aromatic N) is 2. The number of hydrogen-bond donors (Lipinski definition) is 4. The van der Waals surface area contributed by atoms with Gasteiger partial charge in [-0.3, -0.25) is 28.8 Å². The molecule has 4 atom stereocenters. The van der Waals surface area contributed by atoms with Crippen LogP contribution in [0.2, 0.25) is 0 Å². The van der Waals surface area contributed by atoms with Gasteiger partial charge in [0, 0.05) is 23.3 Å². The van der Waals surface area contributed by atoms with Gasteiger partial charge >= 0.3 is 20.2 Å². The van der Waals surface area contributed by atoms with Crippen molar-refractivity contribution in [2.75, 3.05) is 26.6 Å². The number of benzene rings is 4. The summed E-state index contributed by atoms with van der Waals surface area (Å²) >= 11 is 0. The molecule has 0 unspecified atom stereocenters. The summed E-state index contributed by atoms with van der Waals surface area (Å²) in [4.78, 5) is 116. The van der Waals surface area contributed by atoms with Crippen LogP contribution in [0.5, 0.6) is 23.0 Å². The molecular formula is C66H81N6O17P. The molecule has 0 aliphatic carbocycles. The van der Waals surface area contributed by atoms with Crippen LogP contribution in [0.25, 0.3) is 22.6 Å². The number of ether oxygens (including phenoxy) is 2. The van der Waals surface area contributed by atoms with Gasteiger partial charge in [-0.25, -0.2) is 14.2 Å². The van der Waals surface area contributed by atoms with Crippen molar-refractivity contribution in [2.24, 2.45) is 11.8 Å². The molecule has 4 N–H and O–H groups in total. The van der Waals surface area contributed by atoms with Crippen LogP contribution in [-0.2, 0) is 55.8 Å². The number of carbonyl (C=O) groups is 8. The monoisotopic (exact) mass is 1260 g/mol. The van der Waals surface area contributed by atoms with E-state index in [9.17, 15) is 42.9 Å². The SMILES string of the molecule is CCCCC[C@@H](C(=O)NCNC(=O)c1ccc(-c2cc(OCC)cc(O[PH](=O)Oc3cc(OCC)cc(-c4ccc(C(=O)NCNC(=O)[C@H](CCCCC)[C@@H](CC)N(C=O)OC(=O)Cc5ccccc5)o4)c3)c2)o1)[C@@H](CC)N(C=O)OC(=O)Cc1ccccc1. The highest BCUT2D eigenvalue weighted by Crippen LogP contribution is 2.39. The maximum absolute atomic E-state index is 13.8. The quantitative estimate of drug-likeness (QED) is 0.00914. The van der Waals surface area contributed by atoms with E-state index in [4.69, 9.17) is 37.0 Å². The highest BCUT2D eigenvalue weighted by molar-refractivity contribution is 7.34. The lowest BCUT2D eigenvalue weighted by Crippen LogP contribution is -2.49. The van der Waals surface area contributed by atoms with Gasteiger partial charge in [-0.05, 0) is 99.2 Å². The van der Waals surface area contributed by atoms with E-state index in [1.54, 1.807) is 100 Å². The third-order valence-corrected chi connectivity index (χ3v) is 15.2.